The second-order valence-corrected chi connectivity index (χ2v) is 6.49. The maximum absolute atomic E-state index is 11.9. The van der Waals surface area contributed by atoms with Crippen LogP contribution >= 0.6 is 0 Å². The maximum Gasteiger partial charge on any atom is 0.234 e. The molecule has 0 atom stereocenters. The number of aryl methyl sites for hydroxylation is 2. The van der Waals surface area contributed by atoms with Crippen molar-refractivity contribution in [1.29, 1.82) is 0 Å². The number of rotatable bonds is 5. The van der Waals surface area contributed by atoms with Gasteiger partial charge in [-0.3, -0.25) is 9.59 Å². The zero-order valence-corrected chi connectivity index (χ0v) is 12.0. The summed E-state index contributed by atoms with van der Waals surface area (Å²) >= 11 is 0. The molecule has 0 heterocycles. The predicted molar refractivity (Wildman–Crippen MR) is 73.0 cm³/mol. The quantitative estimate of drug-likeness (QED) is 0.804. The van der Waals surface area contributed by atoms with Crippen molar-refractivity contribution in [2.75, 3.05) is 18.6 Å². The van der Waals surface area contributed by atoms with Crippen molar-refractivity contribution in [1.82, 2.24) is 5.32 Å². The zero-order valence-electron chi connectivity index (χ0n) is 11.2. The Morgan fingerprint density at radius 1 is 1.11 bits per heavy atom. The molecule has 1 N–H and O–H groups in total. The Morgan fingerprint density at radius 2 is 1.74 bits per heavy atom. The molecule has 0 aliphatic carbocycles. The topological polar surface area (TPSA) is 80.3 Å². The highest BCUT2D eigenvalue weighted by atomic mass is 32.2. The SMILES string of the molecule is CNC(=O)CS(=O)(=O)CC(=O)c1ccc(C)c(C)c1. The van der Waals surface area contributed by atoms with E-state index in [1.807, 2.05) is 13.8 Å². The molecule has 0 unspecified atom stereocenters. The van der Waals surface area contributed by atoms with Gasteiger partial charge in [0.15, 0.2) is 15.6 Å². The number of Topliss-reactive ketones (excluding diaryl/α,β-unsaturated/α-hetero) is 1. The van der Waals surface area contributed by atoms with Gasteiger partial charge in [0.05, 0.1) is 0 Å². The van der Waals surface area contributed by atoms with Crippen LogP contribution in [0.25, 0.3) is 0 Å². The summed E-state index contributed by atoms with van der Waals surface area (Å²) < 4.78 is 23.3. The van der Waals surface area contributed by atoms with Crippen molar-refractivity contribution in [2.45, 2.75) is 13.8 Å². The maximum atomic E-state index is 11.9. The van der Waals surface area contributed by atoms with E-state index in [4.69, 9.17) is 0 Å². The number of ketones is 1. The van der Waals surface area contributed by atoms with Gasteiger partial charge in [0.1, 0.15) is 11.5 Å². The first-order chi connectivity index (χ1) is 8.75. The number of hydrogen-bond acceptors (Lipinski definition) is 4. The number of carbonyl (C=O) groups is 2. The number of carbonyl (C=O) groups excluding carboxylic acids is 2. The average molecular weight is 283 g/mol. The Labute approximate surface area is 112 Å². The van der Waals surface area contributed by atoms with E-state index in [9.17, 15) is 18.0 Å². The van der Waals surface area contributed by atoms with Crippen LogP contribution in [-0.2, 0) is 14.6 Å². The molecule has 0 aromatic heterocycles. The Hall–Kier alpha value is -1.69. The molecule has 1 aromatic carbocycles. The van der Waals surface area contributed by atoms with Gasteiger partial charge in [0, 0.05) is 12.6 Å². The Kier molecular flexibility index (Phi) is 4.83. The van der Waals surface area contributed by atoms with Gasteiger partial charge in [-0.05, 0) is 31.0 Å². The molecule has 0 aliphatic rings. The van der Waals surface area contributed by atoms with Gasteiger partial charge < -0.3 is 5.32 Å². The van der Waals surface area contributed by atoms with E-state index in [-0.39, 0.29) is 0 Å². The van der Waals surface area contributed by atoms with E-state index in [1.165, 1.54) is 7.05 Å². The zero-order chi connectivity index (χ0) is 14.6. The van der Waals surface area contributed by atoms with Crippen LogP contribution in [0.5, 0.6) is 0 Å². The molecule has 0 saturated heterocycles. The lowest BCUT2D eigenvalue weighted by atomic mass is 10.0. The van der Waals surface area contributed by atoms with E-state index >= 15 is 0 Å². The van der Waals surface area contributed by atoms with Crippen LogP contribution in [0.1, 0.15) is 21.5 Å². The summed E-state index contributed by atoms with van der Waals surface area (Å²) in [7, 11) is -2.37. The van der Waals surface area contributed by atoms with Crippen molar-refractivity contribution >= 4 is 21.5 Å². The summed E-state index contributed by atoms with van der Waals surface area (Å²) in [6.45, 7) is 3.76. The normalized spacial score (nSPS) is 11.1. The highest BCUT2D eigenvalue weighted by molar-refractivity contribution is 7.92. The Balaban J connectivity index is 2.84. The molecular formula is C13H17NO4S. The highest BCUT2D eigenvalue weighted by Crippen LogP contribution is 2.11. The second kappa shape index (κ2) is 5.97. The van der Waals surface area contributed by atoms with E-state index in [1.54, 1.807) is 18.2 Å². The van der Waals surface area contributed by atoms with Gasteiger partial charge >= 0.3 is 0 Å². The van der Waals surface area contributed by atoms with Crippen LogP contribution in [0.15, 0.2) is 18.2 Å². The third-order valence-electron chi connectivity index (χ3n) is 2.81. The van der Waals surface area contributed by atoms with Crippen molar-refractivity contribution in [3.05, 3.63) is 34.9 Å². The van der Waals surface area contributed by atoms with Crippen LogP contribution in [0, 0.1) is 13.8 Å². The summed E-state index contributed by atoms with van der Waals surface area (Å²) in [5, 5.41) is 2.22. The van der Waals surface area contributed by atoms with Crippen molar-refractivity contribution in [3.8, 4) is 0 Å². The standard InChI is InChI=1S/C13H17NO4S/c1-9-4-5-11(6-10(9)2)12(15)7-19(17,18)8-13(16)14-3/h4-6H,7-8H2,1-3H3,(H,14,16). The first-order valence-electron chi connectivity index (χ1n) is 5.76. The van der Waals surface area contributed by atoms with Gasteiger partial charge in [-0.25, -0.2) is 8.42 Å². The molecule has 0 fully saturated rings. The minimum Gasteiger partial charge on any atom is -0.358 e. The fraction of sp³-hybridized carbons (Fsp3) is 0.385. The van der Waals surface area contributed by atoms with Crippen molar-refractivity contribution in [2.24, 2.45) is 0 Å². The van der Waals surface area contributed by atoms with Crippen molar-refractivity contribution in [3.63, 3.8) is 0 Å². The smallest absolute Gasteiger partial charge is 0.234 e. The number of benzene rings is 1. The third-order valence-corrected chi connectivity index (χ3v) is 4.21. The molecule has 0 radical (unpaired) electrons. The van der Waals surface area contributed by atoms with Crippen LogP contribution < -0.4 is 5.32 Å². The molecule has 1 aromatic rings. The van der Waals surface area contributed by atoms with Crippen LogP contribution in [0.2, 0.25) is 0 Å². The Bertz CT molecular complexity index is 605. The largest absolute Gasteiger partial charge is 0.358 e. The van der Waals surface area contributed by atoms with Crippen molar-refractivity contribution < 1.29 is 18.0 Å². The molecule has 0 aliphatic heterocycles. The minimum atomic E-state index is -3.72. The van der Waals surface area contributed by atoms with Crippen LogP contribution in [0.3, 0.4) is 0 Å². The van der Waals surface area contributed by atoms with Gasteiger partial charge in [-0.1, -0.05) is 12.1 Å². The molecule has 1 amide bonds. The summed E-state index contributed by atoms with van der Waals surface area (Å²) in [6, 6.07) is 5.03. The number of amides is 1. The number of hydrogen-bond donors (Lipinski definition) is 1. The predicted octanol–water partition coefficient (Wildman–Crippen LogP) is 0.647. The van der Waals surface area contributed by atoms with E-state index in [2.05, 4.69) is 5.32 Å². The number of sulfone groups is 1. The van der Waals surface area contributed by atoms with Gasteiger partial charge in [-0.15, -0.1) is 0 Å². The van der Waals surface area contributed by atoms with E-state index < -0.39 is 33.0 Å². The minimum absolute atomic E-state index is 0.351. The Morgan fingerprint density at radius 3 is 2.26 bits per heavy atom. The molecule has 19 heavy (non-hydrogen) atoms. The van der Waals surface area contributed by atoms with Crippen LogP contribution in [-0.4, -0.2) is 38.7 Å². The lowest BCUT2D eigenvalue weighted by molar-refractivity contribution is -0.118. The van der Waals surface area contributed by atoms with E-state index in [0.29, 0.717) is 5.56 Å². The number of nitrogens with one attached hydrogen (secondary N) is 1. The average Bonchev–Trinajstić information content (AvgIpc) is 2.31. The first-order valence-corrected chi connectivity index (χ1v) is 7.59. The summed E-state index contributed by atoms with van der Waals surface area (Å²) in [4.78, 5) is 22.9. The molecular weight excluding hydrogens is 266 g/mol. The molecule has 104 valence electrons. The van der Waals surface area contributed by atoms with Gasteiger partial charge in [0.25, 0.3) is 0 Å². The molecule has 6 heteroatoms. The lowest BCUT2D eigenvalue weighted by Crippen LogP contribution is -2.30. The molecule has 0 spiro atoms. The van der Waals surface area contributed by atoms with Gasteiger partial charge in [-0.2, -0.15) is 0 Å². The van der Waals surface area contributed by atoms with Gasteiger partial charge in [0.2, 0.25) is 5.91 Å². The monoisotopic (exact) mass is 283 g/mol. The fourth-order valence-electron chi connectivity index (χ4n) is 1.52. The summed E-state index contributed by atoms with van der Waals surface area (Å²) in [6.07, 6.45) is 0. The van der Waals surface area contributed by atoms with E-state index in [0.717, 1.165) is 11.1 Å². The summed E-state index contributed by atoms with van der Waals surface area (Å²) in [5.74, 6) is -2.43. The fourth-order valence-corrected chi connectivity index (χ4v) is 2.73. The molecule has 0 bridgehead atoms. The second-order valence-electron chi connectivity index (χ2n) is 4.43. The highest BCUT2D eigenvalue weighted by Gasteiger charge is 2.21. The molecule has 1 rings (SSSR count). The summed E-state index contributed by atoms with van der Waals surface area (Å²) in [5.41, 5.74) is 2.31. The lowest BCUT2D eigenvalue weighted by Gasteiger charge is -2.05. The third kappa shape index (κ3) is 4.48. The first kappa shape index (κ1) is 15.4. The van der Waals surface area contributed by atoms with Crippen LogP contribution in [0.4, 0.5) is 0 Å². The molecule has 0 saturated carbocycles. The molecule has 5 nitrogen and oxygen atoms in total.